The maximum Gasteiger partial charge on any atom is 0.163 e. The molecular formula is C15H18Cl4O3. The highest BCUT2D eigenvalue weighted by Gasteiger charge is 2.68. The molecule has 1 saturated carbocycles. The van der Waals surface area contributed by atoms with Gasteiger partial charge in [0.15, 0.2) is 12.0 Å². The summed E-state index contributed by atoms with van der Waals surface area (Å²) in [6.45, 7) is 4.83. The van der Waals surface area contributed by atoms with Crippen molar-refractivity contribution in [3.05, 3.63) is 27.7 Å². The van der Waals surface area contributed by atoms with Crippen LogP contribution in [0.4, 0.5) is 0 Å². The van der Waals surface area contributed by atoms with E-state index in [2.05, 4.69) is 0 Å². The number of methoxy groups -OCH3 is 1. The minimum absolute atomic E-state index is 0.167. The average Bonchev–Trinajstić information content (AvgIpc) is 3.00. The molecule has 0 aliphatic heterocycles. The molecule has 1 aromatic carbocycles. The fourth-order valence-corrected chi connectivity index (χ4v) is 4.17. The second kappa shape index (κ2) is 7.33. The first-order valence-electron chi connectivity index (χ1n) is 7.02. The first-order chi connectivity index (χ1) is 10.4. The molecule has 124 valence electrons. The van der Waals surface area contributed by atoms with Crippen LogP contribution in [0.3, 0.4) is 0 Å². The molecule has 1 aliphatic rings. The molecule has 2 unspecified atom stereocenters. The highest BCUT2D eigenvalue weighted by Crippen LogP contribution is 2.67. The molecule has 22 heavy (non-hydrogen) atoms. The zero-order valence-corrected chi connectivity index (χ0v) is 15.6. The zero-order chi connectivity index (χ0) is 16.5. The smallest absolute Gasteiger partial charge is 0.163 e. The Morgan fingerprint density at radius 2 is 1.59 bits per heavy atom. The number of rotatable bonds is 7. The second-order valence-electron chi connectivity index (χ2n) is 4.97. The zero-order valence-electron chi connectivity index (χ0n) is 12.5. The van der Waals surface area contributed by atoms with E-state index in [0.29, 0.717) is 29.0 Å². The van der Waals surface area contributed by atoms with Gasteiger partial charge in [-0.3, -0.25) is 0 Å². The topological polar surface area (TPSA) is 27.7 Å². The van der Waals surface area contributed by atoms with Crippen LogP contribution < -0.4 is 4.74 Å². The highest BCUT2D eigenvalue weighted by molar-refractivity contribution is 6.52. The van der Waals surface area contributed by atoms with E-state index in [-0.39, 0.29) is 11.8 Å². The molecule has 0 spiro atoms. The molecular weight excluding hydrogens is 370 g/mol. The molecule has 7 heteroatoms. The normalized spacial score (nSPS) is 22.9. The predicted molar refractivity (Wildman–Crippen MR) is 90.7 cm³/mol. The molecule has 2 rings (SSSR count). The summed E-state index contributed by atoms with van der Waals surface area (Å²) in [7, 11) is 1.51. The standard InChI is InChI=1S/C15H18Cl4O3/c1-4-21-14(22-5-2)12-11(15(12,18)19)8-6-9(16)13(20-3)10(17)7-8/h6-7,11-12,14H,4-5H2,1-3H3. The minimum atomic E-state index is -0.976. The van der Waals surface area contributed by atoms with E-state index in [1.54, 1.807) is 12.1 Å². The van der Waals surface area contributed by atoms with Crippen molar-refractivity contribution in [1.82, 2.24) is 0 Å². The van der Waals surface area contributed by atoms with Crippen molar-refractivity contribution in [2.24, 2.45) is 5.92 Å². The monoisotopic (exact) mass is 386 g/mol. The summed E-state index contributed by atoms with van der Waals surface area (Å²) in [6.07, 6.45) is -0.463. The maximum atomic E-state index is 6.44. The Balaban J connectivity index is 2.29. The second-order valence-corrected chi connectivity index (χ2v) is 7.23. The van der Waals surface area contributed by atoms with E-state index in [4.69, 9.17) is 60.6 Å². The van der Waals surface area contributed by atoms with Crippen LogP contribution >= 0.6 is 46.4 Å². The van der Waals surface area contributed by atoms with Crippen LogP contribution in [-0.2, 0) is 9.47 Å². The predicted octanol–water partition coefficient (Wildman–Crippen LogP) is 5.29. The molecule has 0 bridgehead atoms. The van der Waals surface area contributed by atoms with Crippen LogP contribution in [0, 0.1) is 5.92 Å². The van der Waals surface area contributed by atoms with Crippen molar-refractivity contribution in [3.63, 3.8) is 0 Å². The highest BCUT2D eigenvalue weighted by atomic mass is 35.5. The van der Waals surface area contributed by atoms with Crippen LogP contribution in [0.2, 0.25) is 10.0 Å². The van der Waals surface area contributed by atoms with Gasteiger partial charge in [-0.05, 0) is 31.5 Å². The summed E-state index contributed by atoms with van der Waals surface area (Å²) >= 11 is 25.3. The number of benzene rings is 1. The van der Waals surface area contributed by atoms with Gasteiger partial charge in [0.05, 0.1) is 23.1 Å². The number of hydrogen-bond acceptors (Lipinski definition) is 3. The van der Waals surface area contributed by atoms with Crippen molar-refractivity contribution in [2.75, 3.05) is 20.3 Å². The molecule has 2 atom stereocenters. The molecule has 0 aromatic heterocycles. The Morgan fingerprint density at radius 3 is 2.00 bits per heavy atom. The van der Waals surface area contributed by atoms with Gasteiger partial charge in [0.25, 0.3) is 0 Å². The van der Waals surface area contributed by atoms with Crippen molar-refractivity contribution in [1.29, 1.82) is 0 Å². The molecule has 1 aromatic rings. The molecule has 3 nitrogen and oxygen atoms in total. The lowest BCUT2D eigenvalue weighted by Crippen LogP contribution is -2.22. The number of hydrogen-bond donors (Lipinski definition) is 0. The van der Waals surface area contributed by atoms with Gasteiger partial charge in [-0.25, -0.2) is 0 Å². The van der Waals surface area contributed by atoms with E-state index in [1.165, 1.54) is 7.11 Å². The summed E-state index contributed by atoms with van der Waals surface area (Å²) in [4.78, 5) is 0. The third-order valence-electron chi connectivity index (χ3n) is 3.65. The van der Waals surface area contributed by atoms with Crippen LogP contribution in [0.15, 0.2) is 12.1 Å². The van der Waals surface area contributed by atoms with Crippen molar-refractivity contribution in [3.8, 4) is 5.75 Å². The Bertz CT molecular complexity index is 507. The van der Waals surface area contributed by atoms with Crippen LogP contribution in [0.1, 0.15) is 25.3 Å². The Labute approximate surface area is 150 Å². The van der Waals surface area contributed by atoms with Crippen molar-refractivity contribution < 1.29 is 14.2 Å². The fourth-order valence-electron chi connectivity index (χ4n) is 2.66. The van der Waals surface area contributed by atoms with E-state index >= 15 is 0 Å². The van der Waals surface area contributed by atoms with Gasteiger partial charge in [0.1, 0.15) is 4.33 Å². The molecule has 0 radical (unpaired) electrons. The molecule has 0 saturated heterocycles. The first kappa shape index (κ1) is 18.4. The van der Waals surface area contributed by atoms with Gasteiger partial charge in [-0.1, -0.05) is 23.2 Å². The van der Waals surface area contributed by atoms with Crippen molar-refractivity contribution in [2.45, 2.75) is 30.4 Å². The maximum absolute atomic E-state index is 6.44. The number of halogens is 4. The first-order valence-corrected chi connectivity index (χ1v) is 8.53. The summed E-state index contributed by atoms with van der Waals surface area (Å²) < 4.78 is 15.4. The van der Waals surface area contributed by atoms with Gasteiger partial charge < -0.3 is 14.2 Å². The molecule has 1 aliphatic carbocycles. The summed E-state index contributed by atoms with van der Waals surface area (Å²) in [6, 6.07) is 3.54. The molecule has 0 N–H and O–H groups in total. The molecule has 1 fully saturated rings. The number of ether oxygens (including phenoxy) is 3. The van der Waals surface area contributed by atoms with Gasteiger partial charge in [-0.15, -0.1) is 23.2 Å². The number of alkyl halides is 2. The quantitative estimate of drug-likeness (QED) is 0.470. The van der Waals surface area contributed by atoms with Gasteiger partial charge in [-0.2, -0.15) is 0 Å². The molecule has 0 heterocycles. The SMILES string of the molecule is CCOC(OCC)C1C(c2cc(Cl)c(OC)c(Cl)c2)C1(Cl)Cl. The lowest BCUT2D eigenvalue weighted by Gasteiger charge is -2.17. The average molecular weight is 388 g/mol. The minimum Gasteiger partial charge on any atom is -0.494 e. The van der Waals surface area contributed by atoms with Crippen molar-refractivity contribution >= 4 is 46.4 Å². The third kappa shape index (κ3) is 3.45. The van der Waals surface area contributed by atoms with Crippen LogP contribution in [-0.4, -0.2) is 30.9 Å². The summed E-state index contributed by atoms with van der Waals surface area (Å²) in [5, 5.41) is 0.841. The van der Waals surface area contributed by atoms with E-state index in [0.717, 1.165) is 5.56 Å². The Kier molecular flexibility index (Phi) is 6.14. The van der Waals surface area contributed by atoms with Crippen LogP contribution in [0.25, 0.3) is 0 Å². The summed E-state index contributed by atoms with van der Waals surface area (Å²) in [5.41, 5.74) is 0.843. The Morgan fingerprint density at radius 1 is 1.09 bits per heavy atom. The third-order valence-corrected chi connectivity index (χ3v) is 5.18. The lowest BCUT2D eigenvalue weighted by atomic mass is 10.1. The van der Waals surface area contributed by atoms with Gasteiger partial charge in [0.2, 0.25) is 0 Å². The summed E-state index contributed by atoms with van der Waals surface area (Å²) in [5.74, 6) is 0.0845. The van der Waals surface area contributed by atoms with E-state index in [9.17, 15) is 0 Å². The largest absolute Gasteiger partial charge is 0.494 e. The van der Waals surface area contributed by atoms with E-state index in [1.807, 2.05) is 13.8 Å². The fraction of sp³-hybridized carbons (Fsp3) is 0.600. The van der Waals surface area contributed by atoms with Gasteiger partial charge in [0, 0.05) is 19.1 Å². The lowest BCUT2D eigenvalue weighted by molar-refractivity contribution is -0.149. The molecule has 0 amide bonds. The van der Waals surface area contributed by atoms with Crippen LogP contribution in [0.5, 0.6) is 5.75 Å². The van der Waals surface area contributed by atoms with Gasteiger partial charge >= 0.3 is 0 Å². The van der Waals surface area contributed by atoms with E-state index < -0.39 is 10.6 Å². The Hall–Kier alpha value is 0.1000.